The molecule has 1 aliphatic heterocycles. The molecule has 1 aliphatic rings. The molecule has 1 atom stereocenters. The van der Waals surface area contributed by atoms with E-state index in [1.54, 1.807) is 12.1 Å². The number of benzene rings is 1. The lowest BCUT2D eigenvalue weighted by atomic mass is 10.2. The van der Waals surface area contributed by atoms with E-state index >= 15 is 0 Å². The molecule has 112 valence electrons. The highest BCUT2D eigenvalue weighted by atomic mass is 32.2. The number of aryl methyl sites for hydroxylation is 1. The lowest BCUT2D eigenvalue weighted by molar-refractivity contribution is 0.000824. The maximum Gasteiger partial charge on any atom is 0.243 e. The lowest BCUT2D eigenvalue weighted by Crippen LogP contribution is -2.48. The van der Waals surface area contributed by atoms with E-state index in [1.165, 1.54) is 4.31 Å². The monoisotopic (exact) mass is 298 g/mol. The first kappa shape index (κ1) is 15.4. The second kappa shape index (κ2) is 6.67. The molecule has 1 fully saturated rings. The molecule has 1 saturated heterocycles. The second-order valence-electron chi connectivity index (χ2n) is 4.91. The smallest absolute Gasteiger partial charge is 0.243 e. The SMILES string of the molecule is CCc1ccc(S(=O)(=O)N2CCOC(CNC)C2)cc1. The van der Waals surface area contributed by atoms with Crippen LogP contribution < -0.4 is 5.32 Å². The minimum atomic E-state index is -3.41. The minimum Gasteiger partial charge on any atom is -0.374 e. The Bertz CT molecular complexity index is 526. The molecule has 1 aromatic carbocycles. The van der Waals surface area contributed by atoms with Gasteiger partial charge in [-0.15, -0.1) is 0 Å². The largest absolute Gasteiger partial charge is 0.374 e. The molecule has 1 heterocycles. The summed E-state index contributed by atoms with van der Waals surface area (Å²) in [7, 11) is -1.58. The fourth-order valence-electron chi connectivity index (χ4n) is 2.31. The van der Waals surface area contributed by atoms with E-state index in [-0.39, 0.29) is 6.10 Å². The van der Waals surface area contributed by atoms with E-state index in [9.17, 15) is 8.42 Å². The number of likely N-dealkylation sites (N-methyl/N-ethyl adjacent to an activating group) is 1. The predicted octanol–water partition coefficient (Wildman–Crippen LogP) is 0.858. The van der Waals surface area contributed by atoms with Crippen LogP contribution in [0.15, 0.2) is 29.2 Å². The number of hydrogen-bond acceptors (Lipinski definition) is 4. The van der Waals surface area contributed by atoms with Gasteiger partial charge in [0.05, 0.1) is 17.6 Å². The first-order chi connectivity index (χ1) is 9.57. The van der Waals surface area contributed by atoms with Crippen LogP contribution in [0.1, 0.15) is 12.5 Å². The molecule has 0 bridgehead atoms. The summed E-state index contributed by atoms with van der Waals surface area (Å²) in [6.45, 7) is 3.96. The van der Waals surface area contributed by atoms with Gasteiger partial charge in [-0.1, -0.05) is 19.1 Å². The van der Waals surface area contributed by atoms with Gasteiger partial charge in [0.2, 0.25) is 10.0 Å². The van der Waals surface area contributed by atoms with Crippen LogP contribution in [-0.4, -0.2) is 52.1 Å². The molecule has 0 aromatic heterocycles. The molecule has 1 unspecified atom stereocenters. The van der Waals surface area contributed by atoms with Crippen molar-refractivity contribution in [2.45, 2.75) is 24.3 Å². The van der Waals surface area contributed by atoms with Crippen LogP contribution in [-0.2, 0) is 21.2 Å². The Labute approximate surface area is 121 Å². The van der Waals surface area contributed by atoms with Crippen molar-refractivity contribution >= 4 is 10.0 Å². The standard InChI is InChI=1S/C14H22N2O3S/c1-3-12-4-6-14(7-5-12)20(17,18)16-8-9-19-13(11-16)10-15-2/h4-7,13,15H,3,8-11H2,1-2H3. The average molecular weight is 298 g/mol. The van der Waals surface area contributed by atoms with Crippen molar-refractivity contribution in [2.75, 3.05) is 33.3 Å². The molecule has 0 spiro atoms. The Kier molecular flexibility index (Phi) is 5.15. The minimum absolute atomic E-state index is 0.0848. The van der Waals surface area contributed by atoms with Crippen molar-refractivity contribution < 1.29 is 13.2 Å². The fourth-order valence-corrected chi connectivity index (χ4v) is 3.76. The maximum absolute atomic E-state index is 12.6. The molecular weight excluding hydrogens is 276 g/mol. The van der Waals surface area contributed by atoms with Crippen molar-refractivity contribution in [3.05, 3.63) is 29.8 Å². The zero-order valence-corrected chi connectivity index (χ0v) is 12.8. The summed E-state index contributed by atoms with van der Waals surface area (Å²) in [6, 6.07) is 7.13. The zero-order valence-electron chi connectivity index (χ0n) is 12.0. The van der Waals surface area contributed by atoms with Crippen molar-refractivity contribution in [1.29, 1.82) is 0 Å². The highest BCUT2D eigenvalue weighted by Crippen LogP contribution is 2.19. The van der Waals surface area contributed by atoms with Gasteiger partial charge < -0.3 is 10.1 Å². The average Bonchev–Trinajstić information content (AvgIpc) is 2.48. The Balaban J connectivity index is 2.16. The highest BCUT2D eigenvalue weighted by molar-refractivity contribution is 7.89. The molecule has 1 aromatic rings. The van der Waals surface area contributed by atoms with Crippen LogP contribution in [0.5, 0.6) is 0 Å². The summed E-state index contributed by atoms with van der Waals surface area (Å²) >= 11 is 0. The van der Waals surface area contributed by atoms with Crippen LogP contribution in [0.2, 0.25) is 0 Å². The Morgan fingerprint density at radius 3 is 2.65 bits per heavy atom. The van der Waals surface area contributed by atoms with Gasteiger partial charge in [0.25, 0.3) is 0 Å². The molecule has 0 saturated carbocycles. The summed E-state index contributed by atoms with van der Waals surface area (Å²) in [4.78, 5) is 0.361. The Morgan fingerprint density at radius 2 is 2.05 bits per heavy atom. The van der Waals surface area contributed by atoms with Gasteiger partial charge in [0, 0.05) is 19.6 Å². The van der Waals surface area contributed by atoms with Gasteiger partial charge in [-0.2, -0.15) is 4.31 Å². The summed E-state index contributed by atoms with van der Waals surface area (Å²) in [5, 5.41) is 3.02. The normalized spacial score (nSPS) is 21.0. The molecule has 0 radical (unpaired) electrons. The first-order valence-electron chi connectivity index (χ1n) is 6.93. The molecule has 0 amide bonds. The van der Waals surface area contributed by atoms with Gasteiger partial charge in [-0.3, -0.25) is 0 Å². The Hall–Kier alpha value is -0.950. The molecular formula is C14H22N2O3S. The third-order valence-corrected chi connectivity index (χ3v) is 5.38. The summed E-state index contributed by atoms with van der Waals surface area (Å²) < 4.78 is 32.2. The van der Waals surface area contributed by atoms with Crippen LogP contribution in [0.3, 0.4) is 0 Å². The third kappa shape index (κ3) is 3.38. The van der Waals surface area contributed by atoms with Crippen LogP contribution >= 0.6 is 0 Å². The highest BCUT2D eigenvalue weighted by Gasteiger charge is 2.30. The number of hydrogen-bond donors (Lipinski definition) is 1. The predicted molar refractivity (Wildman–Crippen MR) is 78.2 cm³/mol. The first-order valence-corrected chi connectivity index (χ1v) is 8.37. The number of nitrogens with zero attached hydrogens (tertiary/aromatic N) is 1. The van der Waals surface area contributed by atoms with E-state index in [1.807, 2.05) is 26.1 Å². The molecule has 1 N–H and O–H groups in total. The lowest BCUT2D eigenvalue weighted by Gasteiger charge is -2.32. The molecule has 0 aliphatic carbocycles. The van der Waals surface area contributed by atoms with Crippen molar-refractivity contribution in [3.63, 3.8) is 0 Å². The maximum atomic E-state index is 12.6. The summed E-state index contributed by atoms with van der Waals surface area (Å²) in [5.41, 5.74) is 1.14. The molecule has 6 heteroatoms. The quantitative estimate of drug-likeness (QED) is 0.876. The van der Waals surface area contributed by atoms with Gasteiger partial charge in [0.1, 0.15) is 0 Å². The van der Waals surface area contributed by atoms with E-state index in [0.717, 1.165) is 12.0 Å². The van der Waals surface area contributed by atoms with Crippen LogP contribution in [0, 0.1) is 0 Å². The van der Waals surface area contributed by atoms with Gasteiger partial charge >= 0.3 is 0 Å². The summed E-state index contributed by atoms with van der Waals surface area (Å²) in [5.74, 6) is 0. The van der Waals surface area contributed by atoms with Crippen LogP contribution in [0.25, 0.3) is 0 Å². The van der Waals surface area contributed by atoms with Crippen molar-refractivity contribution in [2.24, 2.45) is 0 Å². The zero-order chi connectivity index (χ0) is 14.6. The van der Waals surface area contributed by atoms with Gasteiger partial charge in [-0.05, 0) is 31.2 Å². The van der Waals surface area contributed by atoms with E-state index in [4.69, 9.17) is 4.74 Å². The molecule has 20 heavy (non-hydrogen) atoms. The van der Waals surface area contributed by atoms with E-state index < -0.39 is 10.0 Å². The topological polar surface area (TPSA) is 58.6 Å². The number of morpholine rings is 1. The number of sulfonamides is 1. The van der Waals surface area contributed by atoms with Crippen LogP contribution in [0.4, 0.5) is 0 Å². The second-order valence-corrected chi connectivity index (χ2v) is 6.85. The third-order valence-electron chi connectivity index (χ3n) is 3.50. The van der Waals surface area contributed by atoms with Gasteiger partial charge in [0.15, 0.2) is 0 Å². The van der Waals surface area contributed by atoms with Crippen molar-refractivity contribution in [1.82, 2.24) is 9.62 Å². The molecule has 5 nitrogen and oxygen atoms in total. The van der Waals surface area contributed by atoms with E-state index in [0.29, 0.717) is 31.1 Å². The Morgan fingerprint density at radius 1 is 1.35 bits per heavy atom. The fraction of sp³-hybridized carbons (Fsp3) is 0.571. The van der Waals surface area contributed by atoms with Crippen molar-refractivity contribution in [3.8, 4) is 0 Å². The molecule has 2 rings (SSSR count). The summed E-state index contributed by atoms with van der Waals surface area (Å²) in [6.07, 6.45) is 0.820. The van der Waals surface area contributed by atoms with Gasteiger partial charge in [-0.25, -0.2) is 8.42 Å². The number of ether oxygens (including phenoxy) is 1. The number of rotatable bonds is 5. The van der Waals surface area contributed by atoms with E-state index in [2.05, 4.69) is 5.32 Å². The number of nitrogens with one attached hydrogen (secondary N) is 1.